The normalized spacial score (nSPS) is 14.7. The van der Waals surface area contributed by atoms with Crippen molar-refractivity contribution in [3.63, 3.8) is 0 Å². The predicted molar refractivity (Wildman–Crippen MR) is 252 cm³/mol. The van der Waals surface area contributed by atoms with E-state index in [4.69, 9.17) is 10.2 Å². The number of benzene rings is 4. The number of nitrogens with two attached hydrogens (primary N) is 1. The van der Waals surface area contributed by atoms with Crippen LogP contribution in [0.25, 0.3) is 33.3 Å². The first-order valence-electron chi connectivity index (χ1n) is 22.2. The number of piperazine rings is 2. The van der Waals surface area contributed by atoms with Crippen LogP contribution in [0.2, 0.25) is 0 Å². The number of amides is 4. The van der Waals surface area contributed by atoms with Crippen molar-refractivity contribution in [2.75, 3.05) is 82.8 Å². The highest BCUT2D eigenvalue weighted by Gasteiger charge is 2.30. The lowest BCUT2D eigenvalue weighted by Crippen LogP contribution is -2.52. The number of hydrogen-bond donors (Lipinski definition) is 1. The molecule has 0 aliphatic carbocycles. The lowest BCUT2D eigenvalue weighted by molar-refractivity contribution is 0.100. The van der Waals surface area contributed by atoms with E-state index in [1.807, 2.05) is 103 Å². The fraction of sp³-hybridized carbons (Fsp3) is 0.327. The summed E-state index contributed by atoms with van der Waals surface area (Å²) >= 11 is 0. The van der Waals surface area contributed by atoms with E-state index in [0.29, 0.717) is 37.4 Å². The number of halogens is 4. The first kappa shape index (κ1) is 47.4. The van der Waals surface area contributed by atoms with E-state index in [1.54, 1.807) is 26.8 Å². The molecule has 4 amide bonds. The standard InChI is InChI=1S/C25H25F3N6O2.C24H28FN5O2/c1-31-10-12-33(13-11-31)25(35)34(21-5-3-4-20-18(21)8-9-32(20)2)15-17-7-6-16(14-19(17)26)23-29-30-24(36-23)22(27)28;1-27-10-12-29(13-11-27)24(32)30(22-5-3-4-21-19(22)8-9-28(21)2)16-18-7-6-17(14-20(18)25)23(31)15-26/h3-9,14,22H,10-13,15H2,1-2H3;3-9,14H,10-13,15-16,26H2,1-2H3. The maximum atomic E-state index is 15.3. The molecule has 2 aliphatic heterocycles. The Morgan fingerprint density at radius 2 is 1.13 bits per heavy atom. The van der Waals surface area contributed by atoms with Crippen LogP contribution in [0.1, 0.15) is 33.8 Å². The molecular weight excluding hydrogens is 883 g/mol. The van der Waals surface area contributed by atoms with E-state index in [2.05, 4.69) is 20.0 Å². The van der Waals surface area contributed by atoms with Gasteiger partial charge in [-0.05, 0) is 68.7 Å². The zero-order valence-electron chi connectivity index (χ0n) is 38.3. The van der Waals surface area contributed by atoms with Crippen LogP contribution in [0, 0.1) is 11.6 Å². The largest absolute Gasteiger partial charge is 0.415 e. The number of urea groups is 2. The van der Waals surface area contributed by atoms with Crippen molar-refractivity contribution in [1.29, 1.82) is 0 Å². The van der Waals surface area contributed by atoms with Gasteiger partial charge >= 0.3 is 18.5 Å². The van der Waals surface area contributed by atoms with E-state index in [0.717, 1.165) is 59.7 Å². The lowest BCUT2D eigenvalue weighted by Gasteiger charge is -2.36. The minimum atomic E-state index is -2.91. The molecule has 19 heteroatoms. The summed E-state index contributed by atoms with van der Waals surface area (Å²) in [6.45, 7) is 5.32. The Morgan fingerprint density at radius 3 is 1.57 bits per heavy atom. The average molecular weight is 936 g/mol. The Labute approximate surface area is 390 Å². The molecule has 3 aromatic heterocycles. The van der Waals surface area contributed by atoms with Crippen molar-refractivity contribution >= 4 is 51.0 Å². The minimum Gasteiger partial charge on any atom is -0.415 e. The number of aromatic nitrogens is 4. The van der Waals surface area contributed by atoms with E-state index in [1.165, 1.54) is 18.2 Å². The summed E-state index contributed by atoms with van der Waals surface area (Å²) in [5, 5.41) is 8.67. The molecule has 0 saturated carbocycles. The van der Waals surface area contributed by atoms with Gasteiger partial charge in [-0.15, -0.1) is 10.2 Å². The molecule has 68 heavy (non-hydrogen) atoms. The number of nitrogens with zero attached hydrogens (tertiary/aromatic N) is 10. The molecule has 2 fully saturated rings. The summed E-state index contributed by atoms with van der Waals surface area (Å²) in [7, 11) is 7.92. The fourth-order valence-electron chi connectivity index (χ4n) is 8.45. The molecule has 15 nitrogen and oxygen atoms in total. The summed E-state index contributed by atoms with van der Waals surface area (Å²) < 4.78 is 64.7. The first-order chi connectivity index (χ1) is 32.7. The summed E-state index contributed by atoms with van der Waals surface area (Å²) in [5.41, 5.74) is 9.77. The molecule has 2 N–H and O–H groups in total. The van der Waals surface area contributed by atoms with Gasteiger partial charge in [0, 0.05) is 123 Å². The number of rotatable bonds is 10. The van der Waals surface area contributed by atoms with Crippen LogP contribution in [0.15, 0.2) is 102 Å². The zero-order valence-corrected chi connectivity index (χ0v) is 38.3. The van der Waals surface area contributed by atoms with Gasteiger partial charge in [-0.3, -0.25) is 14.6 Å². The van der Waals surface area contributed by atoms with Crippen molar-refractivity contribution in [3.05, 3.63) is 132 Å². The maximum absolute atomic E-state index is 15.3. The van der Waals surface area contributed by atoms with Crippen LogP contribution in [0.3, 0.4) is 0 Å². The maximum Gasteiger partial charge on any atom is 0.324 e. The smallest absolute Gasteiger partial charge is 0.324 e. The molecule has 5 heterocycles. The average Bonchev–Trinajstić information content (AvgIpc) is 4.10. The second kappa shape index (κ2) is 20.4. The quantitative estimate of drug-likeness (QED) is 0.109. The number of hydrogen-bond acceptors (Lipinski definition) is 9. The number of Topliss-reactive ketones (excluding diaryl/α,β-unsaturated/α-hetero) is 1. The van der Waals surface area contributed by atoms with Crippen molar-refractivity contribution in [2.45, 2.75) is 19.5 Å². The van der Waals surface area contributed by atoms with Gasteiger partial charge in [0.05, 0.1) is 31.0 Å². The third kappa shape index (κ3) is 10.1. The number of ketones is 1. The summed E-state index contributed by atoms with van der Waals surface area (Å²) in [4.78, 5) is 50.3. The number of likely N-dealkylation sites (N-methyl/N-ethyl adjacent to an activating group) is 2. The molecule has 4 aromatic carbocycles. The lowest BCUT2D eigenvalue weighted by atomic mass is 10.1. The van der Waals surface area contributed by atoms with Gasteiger partial charge < -0.3 is 38.9 Å². The van der Waals surface area contributed by atoms with E-state index in [9.17, 15) is 27.6 Å². The molecule has 0 atom stereocenters. The second-order valence-corrected chi connectivity index (χ2v) is 17.1. The van der Waals surface area contributed by atoms with Crippen LogP contribution < -0.4 is 15.5 Å². The van der Waals surface area contributed by atoms with Crippen LogP contribution in [-0.2, 0) is 27.2 Å². The van der Waals surface area contributed by atoms with Crippen molar-refractivity contribution in [3.8, 4) is 11.5 Å². The Kier molecular flexibility index (Phi) is 14.2. The Balaban J connectivity index is 0.000000185. The van der Waals surface area contributed by atoms with Gasteiger partial charge in [-0.25, -0.2) is 18.4 Å². The fourth-order valence-corrected chi connectivity index (χ4v) is 8.45. The Morgan fingerprint density at radius 1 is 0.647 bits per heavy atom. The van der Waals surface area contributed by atoms with Gasteiger partial charge in [0.15, 0.2) is 5.78 Å². The van der Waals surface area contributed by atoms with E-state index >= 15 is 4.39 Å². The topological polar surface area (TPSA) is 145 Å². The highest BCUT2D eigenvalue weighted by atomic mass is 19.3. The number of carbonyl (C=O) groups excluding carboxylic acids is 3. The molecule has 2 saturated heterocycles. The van der Waals surface area contributed by atoms with Crippen LogP contribution in [-0.4, -0.2) is 130 Å². The van der Waals surface area contributed by atoms with E-state index < -0.39 is 24.0 Å². The van der Waals surface area contributed by atoms with Crippen LogP contribution >= 0.6 is 0 Å². The summed E-state index contributed by atoms with van der Waals surface area (Å²) in [6.07, 6.45) is 0.950. The molecule has 0 unspecified atom stereocenters. The number of anilines is 2. The van der Waals surface area contributed by atoms with Crippen LogP contribution in [0.4, 0.5) is 38.5 Å². The van der Waals surface area contributed by atoms with Crippen molar-refractivity contribution in [2.24, 2.45) is 19.8 Å². The molecule has 7 aromatic rings. The van der Waals surface area contributed by atoms with Crippen molar-refractivity contribution < 1.29 is 36.4 Å². The third-order valence-electron chi connectivity index (χ3n) is 12.5. The molecule has 2 aliphatic rings. The van der Waals surface area contributed by atoms with Gasteiger partial charge in [0.2, 0.25) is 5.89 Å². The number of carbonyl (C=O) groups is 3. The number of fused-ring (bicyclic) bond motifs is 2. The highest BCUT2D eigenvalue weighted by molar-refractivity contribution is 6.04. The van der Waals surface area contributed by atoms with Gasteiger partial charge in [0.1, 0.15) is 11.6 Å². The van der Waals surface area contributed by atoms with Crippen LogP contribution in [0.5, 0.6) is 0 Å². The van der Waals surface area contributed by atoms with Gasteiger partial charge in [-0.1, -0.05) is 30.3 Å². The van der Waals surface area contributed by atoms with Gasteiger partial charge in [0.25, 0.3) is 5.89 Å². The minimum absolute atomic E-state index is 0.0165. The molecule has 9 rings (SSSR count). The SMILES string of the molecule is CN1CCN(C(=O)N(Cc2ccc(-c3nnc(C(F)F)o3)cc2F)c2cccc3c2ccn3C)CC1.CN1CCN(C(=O)N(Cc2ccc(C(=O)CN)cc2F)c2cccc3c2ccn3C)CC1. The second-order valence-electron chi connectivity index (χ2n) is 17.1. The Hall–Kier alpha value is -7.09. The molecule has 0 bridgehead atoms. The molecule has 0 spiro atoms. The first-order valence-corrected chi connectivity index (χ1v) is 22.2. The summed E-state index contributed by atoms with van der Waals surface area (Å²) in [5.74, 6) is -2.49. The number of aryl methyl sites for hydroxylation is 2. The third-order valence-corrected chi connectivity index (χ3v) is 12.5. The zero-order chi connectivity index (χ0) is 48.2. The van der Waals surface area contributed by atoms with E-state index in [-0.39, 0.29) is 60.1 Å². The predicted octanol–water partition coefficient (Wildman–Crippen LogP) is 7.51. The molecule has 356 valence electrons. The molecule has 0 radical (unpaired) electrons. The monoisotopic (exact) mass is 935 g/mol. The Bertz CT molecular complexity index is 2940. The number of alkyl halides is 2. The van der Waals surface area contributed by atoms with Crippen molar-refractivity contribution in [1.82, 2.24) is 38.9 Å². The summed E-state index contributed by atoms with van der Waals surface area (Å²) in [6, 6.07) is 23.5. The molecular formula is C49H53F4N11O4. The van der Waals surface area contributed by atoms with Gasteiger partial charge in [-0.2, -0.15) is 8.78 Å². The highest BCUT2D eigenvalue weighted by Crippen LogP contribution is 2.33.